The Balaban J connectivity index is 2.00. The van der Waals surface area contributed by atoms with Crippen LogP contribution in [0.4, 0.5) is 5.69 Å². The Morgan fingerprint density at radius 2 is 2.05 bits per heavy atom. The number of fused-ring (bicyclic) bond motifs is 1. The fourth-order valence-corrected chi connectivity index (χ4v) is 1.83. The number of benzene rings is 1. The average Bonchev–Trinajstić information content (AvgIpc) is 2.83. The Hall–Kier alpha value is -2.76. The molecule has 0 saturated carbocycles. The van der Waals surface area contributed by atoms with Gasteiger partial charge in [0.2, 0.25) is 5.91 Å². The van der Waals surface area contributed by atoms with Gasteiger partial charge in [-0.05, 0) is 24.3 Å². The summed E-state index contributed by atoms with van der Waals surface area (Å²) in [7, 11) is 0. The van der Waals surface area contributed by atoms with Gasteiger partial charge in [-0.1, -0.05) is 17.3 Å². The van der Waals surface area contributed by atoms with Gasteiger partial charge in [0.05, 0.1) is 17.4 Å². The molecular formula is C13H11N5O. The first-order valence-electron chi connectivity index (χ1n) is 5.78. The second-order valence-corrected chi connectivity index (χ2v) is 4.08. The molecule has 0 saturated heterocycles. The Bertz CT molecular complexity index is 732. The quantitative estimate of drug-likeness (QED) is 0.755. The Morgan fingerprint density at radius 1 is 1.21 bits per heavy atom. The second kappa shape index (κ2) is 4.49. The summed E-state index contributed by atoms with van der Waals surface area (Å²) in [5.41, 5.74) is 2.36. The number of aromatic nitrogens is 4. The van der Waals surface area contributed by atoms with Crippen LogP contribution in [0.2, 0.25) is 0 Å². The van der Waals surface area contributed by atoms with Crippen molar-refractivity contribution in [3.05, 3.63) is 42.6 Å². The summed E-state index contributed by atoms with van der Waals surface area (Å²) in [5, 5.41) is 10.8. The first kappa shape index (κ1) is 11.3. The number of carbonyl (C=O) groups is 1. The molecule has 0 aliphatic carbocycles. The third-order valence-electron chi connectivity index (χ3n) is 2.64. The van der Waals surface area contributed by atoms with Crippen molar-refractivity contribution in [2.75, 3.05) is 5.32 Å². The number of hydrogen-bond acceptors (Lipinski definition) is 4. The molecule has 6 nitrogen and oxygen atoms in total. The summed E-state index contributed by atoms with van der Waals surface area (Å²) < 4.78 is 1.66. The van der Waals surface area contributed by atoms with E-state index >= 15 is 0 Å². The minimum absolute atomic E-state index is 0.124. The largest absolute Gasteiger partial charge is 0.325 e. The standard InChI is InChI=1S/C13H11N5O/c1-9(19)15-10-6-7-13(14-8-10)18-12-5-3-2-4-11(12)16-17-18/h2-8H,1H3,(H,15,19). The van der Waals surface area contributed by atoms with Gasteiger partial charge >= 0.3 is 0 Å². The van der Waals surface area contributed by atoms with E-state index in [-0.39, 0.29) is 5.91 Å². The number of anilines is 1. The molecule has 1 aromatic carbocycles. The number of pyridine rings is 1. The van der Waals surface area contributed by atoms with Gasteiger partial charge in [-0.3, -0.25) is 4.79 Å². The fourth-order valence-electron chi connectivity index (χ4n) is 1.83. The van der Waals surface area contributed by atoms with Crippen molar-refractivity contribution in [2.45, 2.75) is 6.92 Å². The molecule has 94 valence electrons. The maximum Gasteiger partial charge on any atom is 0.221 e. The molecule has 0 aliphatic rings. The maximum atomic E-state index is 10.9. The average molecular weight is 253 g/mol. The summed E-state index contributed by atoms with van der Waals surface area (Å²) in [6.45, 7) is 1.46. The van der Waals surface area contributed by atoms with Crippen LogP contribution < -0.4 is 5.32 Å². The van der Waals surface area contributed by atoms with Gasteiger partial charge < -0.3 is 5.32 Å². The molecule has 3 rings (SSSR count). The molecule has 0 bridgehead atoms. The Morgan fingerprint density at radius 3 is 2.79 bits per heavy atom. The van der Waals surface area contributed by atoms with Gasteiger partial charge in [-0.2, -0.15) is 4.68 Å². The SMILES string of the molecule is CC(=O)Nc1ccc(-n2nnc3ccccc32)nc1. The molecule has 0 radical (unpaired) electrons. The minimum atomic E-state index is -0.124. The third kappa shape index (κ3) is 2.15. The van der Waals surface area contributed by atoms with Crippen molar-refractivity contribution >= 4 is 22.6 Å². The highest BCUT2D eigenvalue weighted by molar-refractivity contribution is 5.88. The molecule has 3 aromatic rings. The van der Waals surface area contributed by atoms with E-state index in [1.54, 1.807) is 23.0 Å². The number of nitrogens with one attached hydrogen (secondary N) is 1. The van der Waals surface area contributed by atoms with Gasteiger partial charge in [0.15, 0.2) is 5.82 Å². The lowest BCUT2D eigenvalue weighted by molar-refractivity contribution is -0.114. The molecule has 2 heterocycles. The van der Waals surface area contributed by atoms with Crippen molar-refractivity contribution in [1.82, 2.24) is 20.0 Å². The topological polar surface area (TPSA) is 72.7 Å². The molecule has 0 aliphatic heterocycles. The van der Waals surface area contributed by atoms with Crippen LogP contribution in [0.1, 0.15) is 6.92 Å². The summed E-state index contributed by atoms with van der Waals surface area (Å²) >= 11 is 0. The lowest BCUT2D eigenvalue weighted by atomic mass is 10.3. The zero-order chi connectivity index (χ0) is 13.2. The number of hydrogen-bond donors (Lipinski definition) is 1. The Labute approximate surface area is 109 Å². The molecule has 2 aromatic heterocycles. The minimum Gasteiger partial charge on any atom is -0.325 e. The number of carbonyl (C=O) groups excluding carboxylic acids is 1. The second-order valence-electron chi connectivity index (χ2n) is 4.08. The van der Waals surface area contributed by atoms with Crippen molar-refractivity contribution in [3.8, 4) is 5.82 Å². The number of nitrogens with zero attached hydrogens (tertiary/aromatic N) is 4. The van der Waals surface area contributed by atoms with E-state index in [0.717, 1.165) is 11.0 Å². The Kier molecular flexibility index (Phi) is 2.68. The van der Waals surface area contributed by atoms with Crippen LogP contribution >= 0.6 is 0 Å². The van der Waals surface area contributed by atoms with Crippen LogP contribution in [-0.4, -0.2) is 25.9 Å². The summed E-state index contributed by atoms with van der Waals surface area (Å²) in [5.74, 6) is 0.531. The van der Waals surface area contributed by atoms with Gasteiger partial charge in [0, 0.05) is 6.92 Å². The molecule has 0 spiro atoms. The monoisotopic (exact) mass is 253 g/mol. The molecule has 1 amide bonds. The highest BCUT2D eigenvalue weighted by atomic mass is 16.1. The van der Waals surface area contributed by atoms with Crippen LogP contribution in [0, 0.1) is 0 Å². The fraction of sp³-hybridized carbons (Fsp3) is 0.0769. The smallest absolute Gasteiger partial charge is 0.221 e. The van der Waals surface area contributed by atoms with Crippen molar-refractivity contribution in [3.63, 3.8) is 0 Å². The molecule has 1 N–H and O–H groups in total. The van der Waals surface area contributed by atoms with E-state index < -0.39 is 0 Å². The molecular weight excluding hydrogens is 242 g/mol. The lowest BCUT2D eigenvalue weighted by Crippen LogP contribution is -2.07. The number of rotatable bonds is 2. The van der Waals surface area contributed by atoms with Crippen molar-refractivity contribution in [2.24, 2.45) is 0 Å². The molecule has 6 heteroatoms. The van der Waals surface area contributed by atoms with Gasteiger partial charge in [0.25, 0.3) is 0 Å². The summed E-state index contributed by atoms with van der Waals surface area (Å²) in [6.07, 6.45) is 1.59. The van der Waals surface area contributed by atoms with Crippen molar-refractivity contribution in [1.29, 1.82) is 0 Å². The molecule has 0 atom stereocenters. The van der Waals surface area contributed by atoms with Crippen LogP contribution in [0.3, 0.4) is 0 Å². The highest BCUT2D eigenvalue weighted by Crippen LogP contribution is 2.15. The van der Waals surface area contributed by atoms with Crippen LogP contribution in [0.15, 0.2) is 42.6 Å². The molecule has 19 heavy (non-hydrogen) atoms. The number of para-hydroxylation sites is 1. The zero-order valence-electron chi connectivity index (χ0n) is 10.2. The first-order valence-corrected chi connectivity index (χ1v) is 5.78. The van der Waals surface area contributed by atoms with Crippen LogP contribution in [0.5, 0.6) is 0 Å². The summed E-state index contributed by atoms with van der Waals surface area (Å²) in [4.78, 5) is 15.2. The summed E-state index contributed by atoms with van der Waals surface area (Å²) in [6, 6.07) is 11.2. The van der Waals surface area contributed by atoms with Gasteiger partial charge in [-0.25, -0.2) is 4.98 Å². The normalized spacial score (nSPS) is 10.6. The molecule has 0 unspecified atom stereocenters. The van der Waals surface area contributed by atoms with E-state index in [9.17, 15) is 4.79 Å². The first-order chi connectivity index (χ1) is 9.24. The lowest BCUT2D eigenvalue weighted by Gasteiger charge is -2.04. The predicted octanol–water partition coefficient (Wildman–Crippen LogP) is 1.77. The van der Waals surface area contributed by atoms with E-state index in [0.29, 0.717) is 11.5 Å². The van der Waals surface area contributed by atoms with E-state index in [1.807, 2.05) is 24.3 Å². The third-order valence-corrected chi connectivity index (χ3v) is 2.64. The van der Waals surface area contributed by atoms with Gasteiger partial charge in [0.1, 0.15) is 5.52 Å². The van der Waals surface area contributed by atoms with E-state index in [1.165, 1.54) is 6.92 Å². The maximum absolute atomic E-state index is 10.9. The highest BCUT2D eigenvalue weighted by Gasteiger charge is 2.06. The van der Waals surface area contributed by atoms with E-state index in [2.05, 4.69) is 20.6 Å². The van der Waals surface area contributed by atoms with Crippen LogP contribution in [0.25, 0.3) is 16.9 Å². The number of amides is 1. The zero-order valence-corrected chi connectivity index (χ0v) is 10.2. The van der Waals surface area contributed by atoms with Crippen LogP contribution in [-0.2, 0) is 4.79 Å². The van der Waals surface area contributed by atoms with E-state index in [4.69, 9.17) is 0 Å². The van der Waals surface area contributed by atoms with Crippen molar-refractivity contribution < 1.29 is 4.79 Å². The molecule has 0 fully saturated rings. The van der Waals surface area contributed by atoms with Gasteiger partial charge in [-0.15, -0.1) is 5.10 Å². The predicted molar refractivity (Wildman–Crippen MR) is 71.0 cm³/mol.